The highest BCUT2D eigenvalue weighted by Crippen LogP contribution is 2.29. The predicted octanol–water partition coefficient (Wildman–Crippen LogP) is 2.52. The van der Waals surface area contributed by atoms with Gasteiger partial charge in [0.2, 0.25) is 5.96 Å². The summed E-state index contributed by atoms with van der Waals surface area (Å²) in [5, 5.41) is 6.52. The molecule has 0 spiro atoms. The second-order valence-corrected chi connectivity index (χ2v) is 7.55. The van der Waals surface area contributed by atoms with E-state index in [-0.39, 0.29) is 16.9 Å². The summed E-state index contributed by atoms with van der Waals surface area (Å²) in [6.45, 7) is 9.23. The molecule has 0 bridgehead atoms. The number of nitrogens with one attached hydrogen (secondary N) is 2. The molecule has 1 aromatic rings. The van der Waals surface area contributed by atoms with Gasteiger partial charge in [0.1, 0.15) is 4.90 Å². The van der Waals surface area contributed by atoms with Crippen LogP contribution in [0.25, 0.3) is 0 Å². The normalized spacial score (nSPS) is 17.2. The van der Waals surface area contributed by atoms with Gasteiger partial charge < -0.3 is 15.5 Å². The average molecular weight is 359 g/mol. The lowest BCUT2D eigenvalue weighted by atomic mass is 10.2. The molecular formula is C15H23ClN4O2S. The van der Waals surface area contributed by atoms with Crippen LogP contribution in [0.4, 0.5) is 5.69 Å². The fourth-order valence-corrected chi connectivity index (χ4v) is 3.76. The van der Waals surface area contributed by atoms with E-state index in [1.54, 1.807) is 12.1 Å². The van der Waals surface area contributed by atoms with Crippen LogP contribution < -0.4 is 10.6 Å². The fourth-order valence-electron chi connectivity index (χ4n) is 2.42. The zero-order valence-corrected chi connectivity index (χ0v) is 15.2. The summed E-state index contributed by atoms with van der Waals surface area (Å²) in [5.41, 5.74) is 0.489. The Morgan fingerprint density at radius 1 is 1.35 bits per heavy atom. The Bertz CT molecular complexity index is 687. The second kappa shape index (κ2) is 7.51. The Hall–Kier alpha value is -1.31. The Morgan fingerprint density at radius 2 is 2.04 bits per heavy atom. The van der Waals surface area contributed by atoms with Crippen molar-refractivity contribution in [3.8, 4) is 0 Å². The first-order valence-corrected chi connectivity index (χ1v) is 9.58. The van der Waals surface area contributed by atoms with Crippen LogP contribution in [0.1, 0.15) is 27.2 Å². The number of anilines is 1. The van der Waals surface area contributed by atoms with E-state index in [0.717, 1.165) is 26.1 Å². The summed E-state index contributed by atoms with van der Waals surface area (Å²) in [5.74, 6) is 0.256. The smallest absolute Gasteiger partial charge is 0.287 e. The van der Waals surface area contributed by atoms with Crippen LogP contribution in [-0.4, -0.2) is 45.0 Å². The summed E-state index contributed by atoms with van der Waals surface area (Å²) < 4.78 is 28.3. The van der Waals surface area contributed by atoms with Gasteiger partial charge in [0.15, 0.2) is 0 Å². The van der Waals surface area contributed by atoms with Gasteiger partial charge in [0.25, 0.3) is 10.0 Å². The van der Waals surface area contributed by atoms with Crippen LogP contribution in [0.3, 0.4) is 0 Å². The van der Waals surface area contributed by atoms with E-state index in [2.05, 4.69) is 33.8 Å². The molecular weight excluding hydrogens is 336 g/mol. The number of hydrogen-bond donors (Lipinski definition) is 2. The van der Waals surface area contributed by atoms with Crippen molar-refractivity contribution in [2.45, 2.75) is 38.1 Å². The van der Waals surface area contributed by atoms with Gasteiger partial charge in [-0.3, -0.25) is 0 Å². The molecule has 128 valence electrons. The third kappa shape index (κ3) is 4.59. The zero-order chi connectivity index (χ0) is 17.0. The molecule has 1 heterocycles. The van der Waals surface area contributed by atoms with Crippen molar-refractivity contribution in [1.82, 2.24) is 10.2 Å². The predicted molar refractivity (Wildman–Crippen MR) is 94.7 cm³/mol. The molecule has 1 aromatic carbocycles. The first kappa shape index (κ1) is 18.0. The summed E-state index contributed by atoms with van der Waals surface area (Å²) in [4.78, 5) is 2.42. The third-order valence-electron chi connectivity index (χ3n) is 3.84. The molecule has 8 heteroatoms. The van der Waals surface area contributed by atoms with Crippen LogP contribution >= 0.6 is 11.6 Å². The number of hydrogen-bond acceptors (Lipinski definition) is 5. The number of guanidine groups is 1. The molecule has 1 aliphatic rings. The van der Waals surface area contributed by atoms with Gasteiger partial charge in [-0.25, -0.2) is 0 Å². The number of benzene rings is 1. The fraction of sp³-hybridized carbons (Fsp3) is 0.533. The van der Waals surface area contributed by atoms with Crippen molar-refractivity contribution in [3.05, 3.63) is 23.2 Å². The van der Waals surface area contributed by atoms with Gasteiger partial charge in [-0.15, -0.1) is 4.40 Å². The van der Waals surface area contributed by atoms with Crippen LogP contribution in [0, 0.1) is 0 Å². The highest BCUT2D eigenvalue weighted by Gasteiger charge is 2.25. The SMILES string of the molecule is CCN(CC)CCC(C)NC1=NS(=O)(=O)c2cc(Cl)ccc2N1. The van der Waals surface area contributed by atoms with Gasteiger partial charge in [0, 0.05) is 17.6 Å². The molecule has 0 aliphatic carbocycles. The number of fused-ring (bicyclic) bond motifs is 1. The first-order valence-electron chi connectivity index (χ1n) is 7.76. The lowest BCUT2D eigenvalue weighted by Crippen LogP contribution is -2.41. The van der Waals surface area contributed by atoms with Gasteiger partial charge in [-0.2, -0.15) is 8.42 Å². The van der Waals surface area contributed by atoms with Crippen molar-refractivity contribution >= 4 is 33.3 Å². The van der Waals surface area contributed by atoms with Crippen molar-refractivity contribution in [3.63, 3.8) is 0 Å². The van der Waals surface area contributed by atoms with Crippen LogP contribution in [-0.2, 0) is 10.0 Å². The molecule has 23 heavy (non-hydrogen) atoms. The number of nitrogens with zero attached hydrogens (tertiary/aromatic N) is 2. The van der Waals surface area contributed by atoms with Crippen molar-refractivity contribution < 1.29 is 8.42 Å². The van der Waals surface area contributed by atoms with Crippen LogP contribution in [0.15, 0.2) is 27.5 Å². The Kier molecular flexibility index (Phi) is 5.89. The summed E-state index contributed by atoms with van der Waals surface area (Å²) in [6.07, 6.45) is 0.899. The molecule has 1 atom stereocenters. The summed E-state index contributed by atoms with van der Waals surface area (Å²) in [7, 11) is -3.73. The highest BCUT2D eigenvalue weighted by atomic mass is 35.5. The molecule has 0 saturated heterocycles. The van der Waals surface area contributed by atoms with Gasteiger partial charge in [-0.1, -0.05) is 25.4 Å². The maximum absolute atomic E-state index is 12.2. The Balaban J connectivity index is 2.05. The highest BCUT2D eigenvalue weighted by molar-refractivity contribution is 7.90. The van der Waals surface area contributed by atoms with E-state index in [1.165, 1.54) is 6.07 Å². The Labute approximate surface area is 143 Å². The van der Waals surface area contributed by atoms with E-state index in [1.807, 2.05) is 6.92 Å². The monoisotopic (exact) mass is 358 g/mol. The molecule has 0 radical (unpaired) electrons. The molecule has 1 unspecified atom stereocenters. The average Bonchev–Trinajstić information content (AvgIpc) is 2.48. The maximum Gasteiger partial charge on any atom is 0.287 e. The molecule has 0 saturated carbocycles. The van der Waals surface area contributed by atoms with Crippen molar-refractivity contribution in [2.75, 3.05) is 25.0 Å². The molecule has 1 aliphatic heterocycles. The minimum atomic E-state index is -3.73. The number of sulfonamides is 1. The molecule has 6 nitrogen and oxygen atoms in total. The number of halogens is 1. The van der Waals surface area contributed by atoms with Crippen molar-refractivity contribution in [2.24, 2.45) is 4.40 Å². The van der Waals surface area contributed by atoms with Crippen molar-refractivity contribution in [1.29, 1.82) is 0 Å². The quantitative estimate of drug-likeness (QED) is 0.817. The minimum absolute atomic E-state index is 0.103. The molecule has 0 amide bonds. The van der Waals surface area contributed by atoms with E-state index in [0.29, 0.717) is 10.7 Å². The van der Waals surface area contributed by atoms with Crippen LogP contribution in [0.5, 0.6) is 0 Å². The van der Waals surface area contributed by atoms with E-state index < -0.39 is 10.0 Å². The van der Waals surface area contributed by atoms with Gasteiger partial charge in [-0.05, 0) is 44.6 Å². The topological polar surface area (TPSA) is 73.8 Å². The van der Waals surface area contributed by atoms with Crippen LogP contribution in [0.2, 0.25) is 5.02 Å². The summed E-state index contributed by atoms with van der Waals surface area (Å²) >= 11 is 5.86. The van der Waals surface area contributed by atoms with E-state index in [4.69, 9.17) is 11.6 Å². The Morgan fingerprint density at radius 3 is 2.70 bits per heavy atom. The number of rotatable bonds is 6. The van der Waals surface area contributed by atoms with Gasteiger partial charge in [0.05, 0.1) is 5.69 Å². The summed E-state index contributed by atoms with van der Waals surface area (Å²) in [6, 6.07) is 4.80. The molecule has 2 N–H and O–H groups in total. The zero-order valence-electron chi connectivity index (χ0n) is 13.6. The lowest BCUT2D eigenvalue weighted by Gasteiger charge is -2.24. The van der Waals surface area contributed by atoms with E-state index >= 15 is 0 Å². The maximum atomic E-state index is 12.2. The second-order valence-electron chi connectivity index (χ2n) is 5.54. The van der Waals surface area contributed by atoms with Gasteiger partial charge >= 0.3 is 0 Å². The minimum Gasteiger partial charge on any atom is -0.353 e. The van der Waals surface area contributed by atoms with E-state index in [9.17, 15) is 8.42 Å². The third-order valence-corrected chi connectivity index (χ3v) is 5.39. The molecule has 0 fully saturated rings. The molecule has 2 rings (SSSR count). The lowest BCUT2D eigenvalue weighted by molar-refractivity contribution is 0.289. The standard InChI is InChI=1S/C15H23ClN4O2S/c1-4-20(5-2)9-8-11(3)17-15-18-13-7-6-12(16)10-14(13)23(21,22)19-15/h6-7,10-11H,4-5,8-9H2,1-3H3,(H2,17,18,19). The first-order chi connectivity index (χ1) is 10.9. The largest absolute Gasteiger partial charge is 0.353 e. The molecule has 0 aromatic heterocycles.